The maximum absolute atomic E-state index is 10.7. The molecule has 2 rings (SSSR count). The summed E-state index contributed by atoms with van der Waals surface area (Å²) in [4.78, 5) is 10.7. The molecule has 0 saturated carbocycles. The molecule has 0 spiro atoms. The molecule has 0 unspecified atom stereocenters. The topological polar surface area (TPSA) is 102 Å². The van der Waals surface area contributed by atoms with Crippen molar-refractivity contribution in [2.75, 3.05) is 14.2 Å². The number of nitrogens with zero attached hydrogens (tertiary/aromatic N) is 1. The zero-order valence-electron chi connectivity index (χ0n) is 10.2. The molecule has 0 aliphatic heterocycles. The highest BCUT2D eigenvalue weighted by molar-refractivity contribution is 5.87. The summed E-state index contributed by atoms with van der Waals surface area (Å²) in [5, 5.41) is 21.9. The van der Waals surface area contributed by atoms with Gasteiger partial charge in [0.2, 0.25) is 0 Å². The van der Waals surface area contributed by atoms with Gasteiger partial charge >= 0.3 is 5.97 Å². The second kappa shape index (κ2) is 4.89. The van der Waals surface area contributed by atoms with Crippen molar-refractivity contribution in [3.63, 3.8) is 0 Å². The van der Waals surface area contributed by atoms with Crippen LogP contribution >= 0.6 is 0 Å². The van der Waals surface area contributed by atoms with E-state index in [2.05, 4.69) is 5.16 Å². The fourth-order valence-corrected chi connectivity index (χ4v) is 1.58. The quantitative estimate of drug-likeness (QED) is 0.868. The van der Waals surface area contributed by atoms with Crippen molar-refractivity contribution in [3.05, 3.63) is 23.9 Å². The highest BCUT2D eigenvalue weighted by Gasteiger charge is 2.18. The van der Waals surface area contributed by atoms with E-state index in [9.17, 15) is 9.90 Å². The van der Waals surface area contributed by atoms with Crippen LogP contribution in [-0.4, -0.2) is 35.6 Å². The number of ether oxygens (including phenoxy) is 2. The number of carboxylic acids is 1. The molecule has 2 N–H and O–H groups in total. The van der Waals surface area contributed by atoms with Gasteiger partial charge in [-0.15, -0.1) is 0 Å². The van der Waals surface area contributed by atoms with Gasteiger partial charge in [0.15, 0.2) is 23.0 Å². The average Bonchev–Trinajstić information content (AvgIpc) is 2.88. The van der Waals surface area contributed by atoms with E-state index in [0.717, 1.165) is 0 Å². The van der Waals surface area contributed by atoms with E-state index in [1.165, 1.54) is 32.4 Å². The lowest BCUT2D eigenvalue weighted by Crippen LogP contribution is -1.94. The minimum absolute atomic E-state index is 0.119. The van der Waals surface area contributed by atoms with Crippen molar-refractivity contribution in [2.24, 2.45) is 0 Å². The van der Waals surface area contributed by atoms with E-state index in [0.29, 0.717) is 11.3 Å². The normalized spacial score (nSPS) is 10.2. The Bertz CT molecular complexity index is 619. The molecule has 0 fully saturated rings. The second-order valence-corrected chi connectivity index (χ2v) is 3.61. The summed E-state index contributed by atoms with van der Waals surface area (Å²) >= 11 is 0. The Morgan fingerprint density at radius 1 is 1.21 bits per heavy atom. The first-order valence-corrected chi connectivity index (χ1v) is 5.22. The van der Waals surface area contributed by atoms with Crippen molar-refractivity contribution in [2.45, 2.75) is 0 Å². The van der Waals surface area contributed by atoms with Gasteiger partial charge in [0.1, 0.15) is 5.75 Å². The number of phenolic OH excluding ortho intramolecular Hbond substituents is 1. The van der Waals surface area contributed by atoms with E-state index in [1.54, 1.807) is 0 Å². The third-order valence-electron chi connectivity index (χ3n) is 2.50. The summed E-state index contributed by atoms with van der Waals surface area (Å²) in [6, 6.07) is 4.06. The molecule has 0 amide bonds. The lowest BCUT2D eigenvalue weighted by atomic mass is 10.1. The molecule has 0 radical (unpaired) electrons. The van der Waals surface area contributed by atoms with Gasteiger partial charge in [-0.2, -0.15) is 0 Å². The summed E-state index contributed by atoms with van der Waals surface area (Å²) in [6.45, 7) is 0. The maximum Gasteiger partial charge on any atom is 0.358 e. The number of rotatable bonds is 4. The molecule has 7 heteroatoms. The van der Waals surface area contributed by atoms with Gasteiger partial charge in [0.25, 0.3) is 0 Å². The van der Waals surface area contributed by atoms with Crippen LogP contribution in [0.25, 0.3) is 11.3 Å². The lowest BCUT2D eigenvalue weighted by Gasteiger charge is -2.09. The fraction of sp³-hybridized carbons (Fsp3) is 0.167. The Kier molecular flexibility index (Phi) is 3.28. The number of phenols is 1. The summed E-state index contributed by atoms with van der Waals surface area (Å²) in [5.41, 5.74) is 0.146. The Labute approximate surface area is 108 Å². The van der Waals surface area contributed by atoms with Crippen LogP contribution in [0.15, 0.2) is 22.7 Å². The van der Waals surface area contributed by atoms with Crippen molar-refractivity contribution in [3.8, 4) is 28.6 Å². The molecule has 1 aromatic carbocycles. The van der Waals surface area contributed by atoms with E-state index >= 15 is 0 Å². The van der Waals surface area contributed by atoms with Gasteiger partial charge in [0.05, 0.1) is 19.8 Å². The molecule has 0 bridgehead atoms. The number of carbonyl (C=O) groups is 1. The van der Waals surface area contributed by atoms with Crippen molar-refractivity contribution in [1.82, 2.24) is 5.16 Å². The van der Waals surface area contributed by atoms with E-state index < -0.39 is 5.97 Å². The molecule has 1 aromatic heterocycles. The molecule has 100 valence electrons. The number of benzene rings is 1. The highest BCUT2D eigenvalue weighted by atomic mass is 16.5. The minimum Gasteiger partial charge on any atom is -0.504 e. The standard InChI is InChI=1S/C12H11NO6/c1-17-9-5-11(18-2)8(14)3-6(9)10-4-7(12(15)16)13-19-10/h3-5,14H,1-2H3,(H,15,16). The predicted octanol–water partition coefficient (Wildman–Crippen LogP) is 1.76. The Morgan fingerprint density at radius 2 is 1.89 bits per heavy atom. The first kappa shape index (κ1) is 12.7. The van der Waals surface area contributed by atoms with Crippen LogP contribution in [0, 0.1) is 0 Å². The molecule has 7 nitrogen and oxygen atoms in total. The number of aromatic hydroxyl groups is 1. The van der Waals surface area contributed by atoms with Crippen LogP contribution in [0.3, 0.4) is 0 Å². The third-order valence-corrected chi connectivity index (χ3v) is 2.50. The van der Waals surface area contributed by atoms with E-state index in [4.69, 9.17) is 19.1 Å². The Hall–Kier alpha value is -2.70. The molecule has 0 atom stereocenters. The van der Waals surface area contributed by atoms with Crippen LogP contribution < -0.4 is 9.47 Å². The number of aromatic carboxylic acids is 1. The molecule has 2 aromatic rings. The Morgan fingerprint density at radius 3 is 2.42 bits per heavy atom. The Balaban J connectivity index is 2.53. The molecule has 1 heterocycles. The smallest absolute Gasteiger partial charge is 0.358 e. The van der Waals surface area contributed by atoms with Gasteiger partial charge in [0, 0.05) is 12.1 Å². The number of carboxylic acid groups (broad SMARTS) is 1. The summed E-state index contributed by atoms with van der Waals surface area (Å²) in [5.74, 6) is -0.549. The lowest BCUT2D eigenvalue weighted by molar-refractivity contribution is 0.0686. The SMILES string of the molecule is COc1cc(OC)c(-c2cc(C(=O)O)no2)cc1O. The molecular formula is C12H11NO6. The maximum atomic E-state index is 10.7. The van der Waals surface area contributed by atoms with Crippen LogP contribution in [0.5, 0.6) is 17.2 Å². The van der Waals surface area contributed by atoms with Crippen LogP contribution in [0.1, 0.15) is 10.5 Å². The van der Waals surface area contributed by atoms with Crippen molar-refractivity contribution in [1.29, 1.82) is 0 Å². The summed E-state index contributed by atoms with van der Waals surface area (Å²) in [7, 11) is 2.84. The summed E-state index contributed by atoms with van der Waals surface area (Å²) < 4.78 is 15.0. The molecule has 0 saturated heterocycles. The predicted molar refractivity (Wildman–Crippen MR) is 63.7 cm³/mol. The summed E-state index contributed by atoms with van der Waals surface area (Å²) in [6.07, 6.45) is 0. The van der Waals surface area contributed by atoms with E-state index in [1.807, 2.05) is 0 Å². The number of aromatic nitrogens is 1. The first-order valence-electron chi connectivity index (χ1n) is 5.22. The largest absolute Gasteiger partial charge is 0.504 e. The van der Waals surface area contributed by atoms with Gasteiger partial charge in [-0.05, 0) is 6.07 Å². The zero-order chi connectivity index (χ0) is 14.0. The van der Waals surface area contributed by atoms with Crippen LogP contribution in [0.2, 0.25) is 0 Å². The first-order chi connectivity index (χ1) is 9.06. The van der Waals surface area contributed by atoms with Gasteiger partial charge in [-0.25, -0.2) is 4.79 Å². The number of hydrogen-bond acceptors (Lipinski definition) is 6. The molecule has 19 heavy (non-hydrogen) atoms. The second-order valence-electron chi connectivity index (χ2n) is 3.61. The highest BCUT2D eigenvalue weighted by Crippen LogP contribution is 2.39. The number of hydrogen-bond donors (Lipinski definition) is 2. The van der Waals surface area contributed by atoms with Gasteiger partial charge < -0.3 is 24.2 Å². The van der Waals surface area contributed by atoms with Crippen molar-refractivity contribution >= 4 is 5.97 Å². The van der Waals surface area contributed by atoms with Gasteiger partial charge in [-0.3, -0.25) is 0 Å². The van der Waals surface area contributed by atoms with E-state index in [-0.39, 0.29) is 23.0 Å². The van der Waals surface area contributed by atoms with Crippen LogP contribution in [0.4, 0.5) is 0 Å². The fourth-order valence-electron chi connectivity index (χ4n) is 1.58. The van der Waals surface area contributed by atoms with Crippen LogP contribution in [-0.2, 0) is 0 Å². The molecular weight excluding hydrogens is 254 g/mol. The van der Waals surface area contributed by atoms with Crippen molar-refractivity contribution < 1.29 is 29.0 Å². The number of methoxy groups -OCH3 is 2. The molecule has 0 aliphatic carbocycles. The molecule has 0 aliphatic rings. The minimum atomic E-state index is -1.20. The van der Waals surface area contributed by atoms with Gasteiger partial charge in [-0.1, -0.05) is 5.16 Å². The third kappa shape index (κ3) is 2.30. The average molecular weight is 265 g/mol. The zero-order valence-corrected chi connectivity index (χ0v) is 10.2. The monoisotopic (exact) mass is 265 g/mol.